The Balaban J connectivity index is 1.70. The first kappa shape index (κ1) is 10.9. The Morgan fingerprint density at radius 3 is 2.94 bits per heavy atom. The van der Waals surface area contributed by atoms with Gasteiger partial charge in [0.05, 0.1) is 0 Å². The van der Waals surface area contributed by atoms with Gasteiger partial charge in [0.15, 0.2) is 0 Å². The monoisotopic (exact) mass is 227 g/mol. The Hall–Kier alpha value is -1.24. The quantitative estimate of drug-likeness (QED) is 0.743. The molecule has 0 spiro atoms. The van der Waals surface area contributed by atoms with Gasteiger partial charge < -0.3 is 5.32 Å². The van der Waals surface area contributed by atoms with E-state index < -0.39 is 0 Å². The molecular weight excluding hydrogens is 206 g/mol. The summed E-state index contributed by atoms with van der Waals surface area (Å²) in [5.41, 5.74) is 4.40. The van der Waals surface area contributed by atoms with Crippen LogP contribution in [-0.2, 0) is 0 Å². The fourth-order valence-corrected chi connectivity index (χ4v) is 3.30. The Morgan fingerprint density at radius 1 is 1.24 bits per heavy atom. The van der Waals surface area contributed by atoms with Gasteiger partial charge in [-0.25, -0.2) is 0 Å². The number of anilines is 1. The summed E-state index contributed by atoms with van der Waals surface area (Å²) in [6, 6.07) is 9.27. The molecule has 17 heavy (non-hydrogen) atoms. The van der Waals surface area contributed by atoms with Crippen LogP contribution in [0.3, 0.4) is 0 Å². The topological polar surface area (TPSA) is 12.0 Å². The third-order valence-electron chi connectivity index (χ3n) is 4.24. The molecule has 2 aliphatic carbocycles. The molecule has 2 unspecified atom stereocenters. The number of hydrogen-bond acceptors (Lipinski definition) is 1. The molecule has 1 fully saturated rings. The maximum absolute atomic E-state index is 3.72. The highest BCUT2D eigenvalue weighted by atomic mass is 14.9. The second kappa shape index (κ2) is 4.56. The molecule has 0 heterocycles. The molecule has 0 aromatic heterocycles. The van der Waals surface area contributed by atoms with Crippen molar-refractivity contribution < 1.29 is 0 Å². The summed E-state index contributed by atoms with van der Waals surface area (Å²) in [7, 11) is 0. The Kier molecular flexibility index (Phi) is 2.92. The van der Waals surface area contributed by atoms with E-state index in [0.29, 0.717) is 6.04 Å². The number of rotatable bonds is 2. The lowest BCUT2D eigenvalue weighted by Crippen LogP contribution is -2.16. The van der Waals surface area contributed by atoms with Crippen LogP contribution >= 0.6 is 0 Å². The van der Waals surface area contributed by atoms with Gasteiger partial charge in [-0.2, -0.15) is 0 Å². The van der Waals surface area contributed by atoms with Crippen LogP contribution in [0.5, 0.6) is 0 Å². The summed E-state index contributed by atoms with van der Waals surface area (Å²) in [5, 5.41) is 3.72. The summed E-state index contributed by atoms with van der Waals surface area (Å²) in [6.45, 7) is 2.18. The van der Waals surface area contributed by atoms with Gasteiger partial charge in [0, 0.05) is 11.7 Å². The Bertz CT molecular complexity index is 433. The predicted octanol–water partition coefficient (Wildman–Crippen LogP) is 4.30. The smallest absolute Gasteiger partial charge is 0.0372 e. The third-order valence-corrected chi connectivity index (χ3v) is 4.24. The summed E-state index contributed by atoms with van der Waals surface area (Å²) < 4.78 is 0. The summed E-state index contributed by atoms with van der Waals surface area (Å²) in [6.07, 6.45) is 9.21. The number of para-hydroxylation sites is 1. The molecule has 1 aromatic carbocycles. The molecule has 0 saturated heterocycles. The van der Waals surface area contributed by atoms with Crippen molar-refractivity contribution in [2.75, 3.05) is 5.32 Å². The van der Waals surface area contributed by atoms with Crippen molar-refractivity contribution in [3.05, 3.63) is 41.5 Å². The second-order valence-corrected chi connectivity index (χ2v) is 5.50. The van der Waals surface area contributed by atoms with Gasteiger partial charge >= 0.3 is 0 Å². The van der Waals surface area contributed by atoms with Crippen LogP contribution in [-0.4, -0.2) is 6.04 Å². The lowest BCUT2D eigenvalue weighted by molar-refractivity contribution is 0.516. The van der Waals surface area contributed by atoms with Gasteiger partial charge in [-0.15, -0.1) is 0 Å². The summed E-state index contributed by atoms with van der Waals surface area (Å²) in [5.74, 6) is 0.880. The highest BCUT2D eigenvalue weighted by molar-refractivity contribution is 5.51. The zero-order valence-electron chi connectivity index (χ0n) is 10.6. The fraction of sp³-hybridized carbons (Fsp3) is 0.500. The van der Waals surface area contributed by atoms with E-state index in [0.717, 1.165) is 5.92 Å². The molecule has 1 nitrogen and oxygen atoms in total. The van der Waals surface area contributed by atoms with Crippen molar-refractivity contribution in [1.29, 1.82) is 0 Å². The number of hydrogen-bond donors (Lipinski definition) is 1. The van der Waals surface area contributed by atoms with E-state index in [4.69, 9.17) is 0 Å². The fourth-order valence-electron chi connectivity index (χ4n) is 3.30. The molecule has 3 rings (SSSR count). The lowest BCUT2D eigenvalue weighted by atomic mass is 9.90. The van der Waals surface area contributed by atoms with Gasteiger partial charge in [0.1, 0.15) is 0 Å². The van der Waals surface area contributed by atoms with E-state index in [2.05, 4.69) is 42.6 Å². The standard InChI is InChI=1S/C16H21N/c1-12-6-2-5-9-16(12)17-15-10-13-7-3-4-8-14(13)11-15/h2,5-7,9,14-15,17H,3-4,8,10-11H2,1H3. The minimum Gasteiger partial charge on any atom is -0.382 e. The van der Waals surface area contributed by atoms with E-state index in [9.17, 15) is 0 Å². The van der Waals surface area contributed by atoms with Gasteiger partial charge in [-0.1, -0.05) is 29.8 Å². The summed E-state index contributed by atoms with van der Waals surface area (Å²) in [4.78, 5) is 0. The molecule has 0 amide bonds. The zero-order valence-corrected chi connectivity index (χ0v) is 10.6. The van der Waals surface area contributed by atoms with Crippen LogP contribution in [0.1, 0.15) is 37.7 Å². The highest BCUT2D eigenvalue weighted by Gasteiger charge is 2.30. The number of aryl methyl sites for hydroxylation is 1. The largest absolute Gasteiger partial charge is 0.382 e. The molecule has 2 aliphatic rings. The van der Waals surface area contributed by atoms with Crippen molar-refractivity contribution in [1.82, 2.24) is 0 Å². The van der Waals surface area contributed by atoms with Crippen LogP contribution in [0.4, 0.5) is 5.69 Å². The van der Waals surface area contributed by atoms with Gasteiger partial charge in [-0.3, -0.25) is 0 Å². The molecule has 1 N–H and O–H groups in total. The number of allylic oxidation sites excluding steroid dienone is 1. The molecule has 1 aromatic rings. The number of benzene rings is 1. The molecule has 0 aliphatic heterocycles. The normalized spacial score (nSPS) is 27.5. The maximum atomic E-state index is 3.72. The Labute approximate surface area is 104 Å². The molecular formula is C16H21N. The Morgan fingerprint density at radius 2 is 2.12 bits per heavy atom. The average molecular weight is 227 g/mol. The van der Waals surface area contributed by atoms with E-state index in [-0.39, 0.29) is 0 Å². The second-order valence-electron chi connectivity index (χ2n) is 5.50. The van der Waals surface area contributed by atoms with E-state index in [1.807, 2.05) is 0 Å². The van der Waals surface area contributed by atoms with Crippen LogP contribution < -0.4 is 5.32 Å². The lowest BCUT2D eigenvalue weighted by Gasteiger charge is -2.16. The molecule has 90 valence electrons. The molecule has 0 bridgehead atoms. The van der Waals surface area contributed by atoms with E-state index >= 15 is 0 Å². The minimum atomic E-state index is 0.658. The van der Waals surface area contributed by atoms with Gasteiger partial charge in [-0.05, 0) is 56.6 Å². The maximum Gasteiger partial charge on any atom is 0.0372 e. The minimum absolute atomic E-state index is 0.658. The van der Waals surface area contributed by atoms with Crippen LogP contribution in [0.25, 0.3) is 0 Å². The van der Waals surface area contributed by atoms with Gasteiger partial charge in [0.2, 0.25) is 0 Å². The summed E-state index contributed by atoms with van der Waals surface area (Å²) >= 11 is 0. The molecule has 2 atom stereocenters. The SMILES string of the molecule is Cc1ccccc1NC1CC2=CCCCC2C1. The first-order valence-electron chi connectivity index (χ1n) is 6.84. The van der Waals surface area contributed by atoms with E-state index in [1.54, 1.807) is 5.57 Å². The molecule has 1 saturated carbocycles. The van der Waals surface area contributed by atoms with Crippen molar-refractivity contribution in [3.63, 3.8) is 0 Å². The van der Waals surface area contributed by atoms with Crippen LogP contribution in [0.15, 0.2) is 35.9 Å². The highest BCUT2D eigenvalue weighted by Crippen LogP contribution is 2.39. The predicted molar refractivity (Wildman–Crippen MR) is 73.2 cm³/mol. The van der Waals surface area contributed by atoms with Crippen molar-refractivity contribution in [2.45, 2.75) is 45.1 Å². The zero-order chi connectivity index (χ0) is 11.7. The van der Waals surface area contributed by atoms with Crippen LogP contribution in [0.2, 0.25) is 0 Å². The molecule has 0 radical (unpaired) electrons. The first-order valence-corrected chi connectivity index (χ1v) is 6.84. The third kappa shape index (κ3) is 2.24. The van der Waals surface area contributed by atoms with E-state index in [1.165, 1.54) is 43.4 Å². The molecule has 1 heteroatoms. The number of nitrogens with one attached hydrogen (secondary N) is 1. The van der Waals surface area contributed by atoms with Gasteiger partial charge in [0.25, 0.3) is 0 Å². The van der Waals surface area contributed by atoms with Crippen LogP contribution in [0, 0.1) is 12.8 Å². The first-order chi connectivity index (χ1) is 8.33. The average Bonchev–Trinajstić information content (AvgIpc) is 2.74. The van der Waals surface area contributed by atoms with Crippen molar-refractivity contribution in [2.24, 2.45) is 5.92 Å². The van der Waals surface area contributed by atoms with Crippen molar-refractivity contribution in [3.8, 4) is 0 Å². The number of fused-ring (bicyclic) bond motifs is 1. The van der Waals surface area contributed by atoms with Crippen molar-refractivity contribution >= 4 is 5.69 Å².